The van der Waals surface area contributed by atoms with Crippen molar-refractivity contribution in [3.63, 3.8) is 0 Å². The standard InChI is InChI=1S/C13H17N3/c1-11(6-7-14)16-9-3-5-13(16)12-4-2-8-15-10-12/h2,4,8,10-11,13H,3,5-6,9H2,1H3/t11?,13-/m0/s1. The SMILES string of the molecule is CC(CC#N)N1CCC[C@H]1c1cccnc1. The predicted octanol–water partition coefficient (Wildman–Crippen LogP) is 2.52. The first-order valence-corrected chi connectivity index (χ1v) is 5.85. The van der Waals surface area contributed by atoms with Crippen LogP contribution in [0.5, 0.6) is 0 Å². The molecule has 1 aliphatic heterocycles. The largest absolute Gasteiger partial charge is 0.293 e. The van der Waals surface area contributed by atoms with E-state index in [-0.39, 0.29) is 0 Å². The normalized spacial score (nSPS) is 22.9. The zero-order valence-electron chi connectivity index (χ0n) is 9.63. The molecule has 16 heavy (non-hydrogen) atoms. The summed E-state index contributed by atoms with van der Waals surface area (Å²) in [5.41, 5.74) is 1.28. The third kappa shape index (κ3) is 2.23. The molecular weight excluding hydrogens is 198 g/mol. The van der Waals surface area contributed by atoms with Crippen molar-refractivity contribution in [1.82, 2.24) is 9.88 Å². The molecule has 1 unspecified atom stereocenters. The lowest BCUT2D eigenvalue weighted by atomic mass is 10.1. The van der Waals surface area contributed by atoms with Crippen LogP contribution < -0.4 is 0 Å². The van der Waals surface area contributed by atoms with Gasteiger partial charge < -0.3 is 0 Å². The summed E-state index contributed by atoms with van der Waals surface area (Å²) in [4.78, 5) is 6.61. The molecule has 0 aliphatic carbocycles. The molecule has 0 spiro atoms. The zero-order chi connectivity index (χ0) is 11.4. The lowest BCUT2D eigenvalue weighted by Gasteiger charge is -2.29. The minimum Gasteiger partial charge on any atom is -0.293 e. The van der Waals surface area contributed by atoms with Crippen molar-refractivity contribution >= 4 is 0 Å². The van der Waals surface area contributed by atoms with Crippen molar-refractivity contribution in [2.45, 2.75) is 38.3 Å². The maximum Gasteiger partial charge on any atom is 0.0638 e. The highest BCUT2D eigenvalue weighted by Crippen LogP contribution is 2.33. The Kier molecular flexibility index (Phi) is 3.53. The van der Waals surface area contributed by atoms with Gasteiger partial charge in [0.1, 0.15) is 0 Å². The smallest absolute Gasteiger partial charge is 0.0638 e. The van der Waals surface area contributed by atoms with E-state index in [4.69, 9.17) is 5.26 Å². The van der Waals surface area contributed by atoms with Gasteiger partial charge in [0.05, 0.1) is 12.5 Å². The summed E-state index contributed by atoms with van der Waals surface area (Å²) < 4.78 is 0. The number of aromatic nitrogens is 1. The fourth-order valence-electron chi connectivity index (χ4n) is 2.50. The Hall–Kier alpha value is -1.40. The first kappa shape index (κ1) is 11.1. The van der Waals surface area contributed by atoms with Crippen LogP contribution >= 0.6 is 0 Å². The number of hydrogen-bond donors (Lipinski definition) is 0. The topological polar surface area (TPSA) is 39.9 Å². The molecular formula is C13H17N3. The summed E-state index contributed by atoms with van der Waals surface area (Å²) in [6.45, 7) is 3.24. The van der Waals surface area contributed by atoms with Crippen molar-refractivity contribution in [3.8, 4) is 6.07 Å². The van der Waals surface area contributed by atoms with Crippen molar-refractivity contribution in [2.75, 3.05) is 6.54 Å². The lowest BCUT2D eigenvalue weighted by molar-refractivity contribution is 0.194. The van der Waals surface area contributed by atoms with Crippen LogP contribution in [0, 0.1) is 11.3 Å². The molecule has 1 saturated heterocycles. The second-order valence-electron chi connectivity index (χ2n) is 4.39. The Morgan fingerprint density at radius 2 is 2.56 bits per heavy atom. The molecule has 0 amide bonds. The zero-order valence-corrected chi connectivity index (χ0v) is 9.63. The van der Waals surface area contributed by atoms with Gasteiger partial charge in [-0.25, -0.2) is 0 Å². The van der Waals surface area contributed by atoms with E-state index in [0.29, 0.717) is 18.5 Å². The summed E-state index contributed by atoms with van der Waals surface area (Å²) >= 11 is 0. The van der Waals surface area contributed by atoms with Gasteiger partial charge in [-0.15, -0.1) is 0 Å². The van der Waals surface area contributed by atoms with Crippen molar-refractivity contribution in [1.29, 1.82) is 5.26 Å². The van der Waals surface area contributed by atoms with Crippen LogP contribution in [0.25, 0.3) is 0 Å². The molecule has 84 valence electrons. The number of likely N-dealkylation sites (tertiary alicyclic amines) is 1. The molecule has 0 radical (unpaired) electrons. The molecule has 0 N–H and O–H groups in total. The Labute approximate surface area is 96.7 Å². The van der Waals surface area contributed by atoms with E-state index in [0.717, 1.165) is 6.54 Å². The Morgan fingerprint density at radius 1 is 1.69 bits per heavy atom. The van der Waals surface area contributed by atoms with Gasteiger partial charge in [0.25, 0.3) is 0 Å². The van der Waals surface area contributed by atoms with E-state index in [9.17, 15) is 0 Å². The highest BCUT2D eigenvalue weighted by Gasteiger charge is 2.29. The van der Waals surface area contributed by atoms with Crippen LogP contribution in [0.2, 0.25) is 0 Å². The number of hydrogen-bond acceptors (Lipinski definition) is 3. The lowest BCUT2D eigenvalue weighted by Crippen LogP contribution is -2.32. The van der Waals surface area contributed by atoms with Crippen LogP contribution in [-0.4, -0.2) is 22.5 Å². The first-order valence-electron chi connectivity index (χ1n) is 5.85. The molecule has 1 aromatic rings. The summed E-state index contributed by atoms with van der Waals surface area (Å²) in [5.74, 6) is 0. The molecule has 1 aromatic heterocycles. The number of nitrogens with zero attached hydrogens (tertiary/aromatic N) is 3. The Balaban J connectivity index is 2.13. The first-order chi connectivity index (χ1) is 7.83. The fraction of sp³-hybridized carbons (Fsp3) is 0.538. The van der Waals surface area contributed by atoms with E-state index in [1.165, 1.54) is 18.4 Å². The monoisotopic (exact) mass is 215 g/mol. The molecule has 3 heteroatoms. The summed E-state index contributed by atoms with van der Waals surface area (Å²) in [7, 11) is 0. The van der Waals surface area contributed by atoms with Crippen LogP contribution in [0.1, 0.15) is 37.8 Å². The predicted molar refractivity (Wildman–Crippen MR) is 62.6 cm³/mol. The average Bonchev–Trinajstić information content (AvgIpc) is 2.79. The minimum absolute atomic E-state index is 0.345. The molecule has 2 heterocycles. The molecule has 2 rings (SSSR count). The maximum atomic E-state index is 8.76. The van der Waals surface area contributed by atoms with Crippen LogP contribution in [0.3, 0.4) is 0 Å². The van der Waals surface area contributed by atoms with Gasteiger partial charge in [0.2, 0.25) is 0 Å². The molecule has 1 aliphatic rings. The summed E-state index contributed by atoms with van der Waals surface area (Å²) in [6, 6.07) is 7.18. The number of rotatable bonds is 3. The number of nitriles is 1. The van der Waals surface area contributed by atoms with Crippen molar-refractivity contribution < 1.29 is 0 Å². The maximum absolute atomic E-state index is 8.76. The van der Waals surface area contributed by atoms with Gasteiger partial charge in [-0.3, -0.25) is 9.88 Å². The minimum atomic E-state index is 0.345. The summed E-state index contributed by atoms with van der Waals surface area (Å²) in [6.07, 6.45) is 6.76. The second kappa shape index (κ2) is 5.09. The molecule has 0 bridgehead atoms. The van der Waals surface area contributed by atoms with Gasteiger partial charge in [-0.1, -0.05) is 6.07 Å². The van der Waals surface area contributed by atoms with Gasteiger partial charge in [-0.05, 0) is 37.9 Å². The van der Waals surface area contributed by atoms with Crippen molar-refractivity contribution in [3.05, 3.63) is 30.1 Å². The van der Waals surface area contributed by atoms with E-state index in [1.54, 1.807) is 0 Å². The third-order valence-corrected chi connectivity index (χ3v) is 3.32. The molecule has 0 aromatic carbocycles. The summed E-state index contributed by atoms with van der Waals surface area (Å²) in [5, 5.41) is 8.76. The fourth-order valence-corrected chi connectivity index (χ4v) is 2.50. The average molecular weight is 215 g/mol. The van der Waals surface area contributed by atoms with Gasteiger partial charge in [0, 0.05) is 24.5 Å². The highest BCUT2D eigenvalue weighted by atomic mass is 15.2. The molecule has 1 fully saturated rings. The Bertz CT molecular complexity index is 369. The van der Waals surface area contributed by atoms with Crippen LogP contribution in [-0.2, 0) is 0 Å². The molecule has 3 nitrogen and oxygen atoms in total. The van der Waals surface area contributed by atoms with E-state index in [1.807, 2.05) is 18.5 Å². The van der Waals surface area contributed by atoms with Crippen molar-refractivity contribution in [2.24, 2.45) is 0 Å². The third-order valence-electron chi connectivity index (χ3n) is 3.32. The van der Waals surface area contributed by atoms with E-state index in [2.05, 4.69) is 28.9 Å². The van der Waals surface area contributed by atoms with Gasteiger partial charge in [-0.2, -0.15) is 5.26 Å². The highest BCUT2D eigenvalue weighted by molar-refractivity contribution is 5.15. The van der Waals surface area contributed by atoms with Crippen LogP contribution in [0.4, 0.5) is 0 Å². The van der Waals surface area contributed by atoms with E-state index < -0.39 is 0 Å². The van der Waals surface area contributed by atoms with Crippen LogP contribution in [0.15, 0.2) is 24.5 Å². The van der Waals surface area contributed by atoms with Gasteiger partial charge in [0.15, 0.2) is 0 Å². The Morgan fingerprint density at radius 3 is 3.25 bits per heavy atom. The molecule has 0 saturated carbocycles. The number of pyridine rings is 1. The van der Waals surface area contributed by atoms with Gasteiger partial charge >= 0.3 is 0 Å². The second-order valence-corrected chi connectivity index (χ2v) is 4.39. The quantitative estimate of drug-likeness (QED) is 0.777. The van der Waals surface area contributed by atoms with E-state index >= 15 is 0 Å². The molecule has 2 atom stereocenters.